The van der Waals surface area contributed by atoms with Crippen LogP contribution in [0.5, 0.6) is 0 Å². The maximum atomic E-state index is 6.34. The van der Waals surface area contributed by atoms with Crippen LogP contribution < -0.4 is 10.4 Å². The molecule has 0 aliphatic heterocycles. The van der Waals surface area contributed by atoms with Gasteiger partial charge >= 0.3 is 0 Å². The molecule has 0 saturated heterocycles. The number of nitrogens with one attached hydrogen (secondary N) is 1. The number of halogens is 2. The summed E-state index contributed by atoms with van der Waals surface area (Å²) in [6, 6.07) is 13.4. The molecule has 6 rings (SSSR count). The molecule has 0 bridgehead atoms. The Kier molecular flexibility index (Phi) is 5.86. The minimum atomic E-state index is 0.00540. The van der Waals surface area contributed by atoms with Crippen molar-refractivity contribution in [2.24, 2.45) is 5.92 Å². The van der Waals surface area contributed by atoms with Crippen LogP contribution in [0.3, 0.4) is 0 Å². The molecule has 180 valence electrons. The van der Waals surface area contributed by atoms with Crippen LogP contribution in [0.1, 0.15) is 31.0 Å². The van der Waals surface area contributed by atoms with Crippen LogP contribution >= 0.6 is 23.2 Å². The number of hydrogen-bond acceptors (Lipinski definition) is 6. The summed E-state index contributed by atoms with van der Waals surface area (Å²) < 4.78 is 3.71. The van der Waals surface area contributed by atoms with Crippen LogP contribution in [-0.2, 0) is 0 Å². The first-order chi connectivity index (χ1) is 17.5. The van der Waals surface area contributed by atoms with Gasteiger partial charge in [-0.1, -0.05) is 47.3 Å². The average Bonchev–Trinajstić information content (AvgIpc) is 3.31. The van der Waals surface area contributed by atoms with Crippen molar-refractivity contribution < 1.29 is 4.68 Å². The number of nitrogens with zero attached hydrogens (tertiary/aromatic N) is 7. The summed E-state index contributed by atoms with van der Waals surface area (Å²) in [5.41, 5.74) is 11.1. The van der Waals surface area contributed by atoms with E-state index in [2.05, 4.69) is 37.7 Å². The number of aromatic amines is 1. The molecule has 1 aliphatic carbocycles. The zero-order valence-corrected chi connectivity index (χ0v) is 20.6. The van der Waals surface area contributed by atoms with E-state index in [-0.39, 0.29) is 6.04 Å². The van der Waals surface area contributed by atoms with Crippen molar-refractivity contribution in [3.8, 4) is 27.9 Å². The number of benzene rings is 1. The van der Waals surface area contributed by atoms with E-state index in [1.165, 1.54) is 12.8 Å². The second-order valence-electron chi connectivity index (χ2n) is 8.91. The molecule has 0 spiro atoms. The van der Waals surface area contributed by atoms with Gasteiger partial charge in [0.25, 0.3) is 6.33 Å². The molecule has 4 aromatic heterocycles. The van der Waals surface area contributed by atoms with Gasteiger partial charge in [0.2, 0.25) is 0 Å². The van der Waals surface area contributed by atoms with Gasteiger partial charge in [-0.3, -0.25) is 9.67 Å². The molecular formula is C25H22Cl2N9+. The number of nitrogens with two attached hydrogens (primary N) is 1. The zero-order valence-electron chi connectivity index (χ0n) is 19.1. The highest BCUT2D eigenvalue weighted by Crippen LogP contribution is 2.39. The molecule has 1 aromatic carbocycles. The maximum absolute atomic E-state index is 6.34. The highest BCUT2D eigenvalue weighted by atomic mass is 35.5. The number of aromatic nitrogens is 8. The van der Waals surface area contributed by atoms with Gasteiger partial charge in [0.1, 0.15) is 21.8 Å². The average molecular weight is 519 g/mol. The summed E-state index contributed by atoms with van der Waals surface area (Å²) in [4.78, 5) is 9.03. The number of rotatable bonds is 7. The van der Waals surface area contributed by atoms with Crippen LogP contribution in [0.15, 0.2) is 67.4 Å². The number of nitrogen functional groups attached to an aromatic ring is 1. The lowest BCUT2D eigenvalue weighted by molar-refractivity contribution is -0.659. The van der Waals surface area contributed by atoms with Gasteiger partial charge in [0, 0.05) is 39.7 Å². The molecule has 0 unspecified atom stereocenters. The molecule has 4 heterocycles. The first kappa shape index (κ1) is 22.6. The summed E-state index contributed by atoms with van der Waals surface area (Å²) >= 11 is 12.7. The summed E-state index contributed by atoms with van der Waals surface area (Å²) in [6.45, 7) is 0. The standard InChI is InChI=1S/C25H21Cl2N9/c26-18-4-7-22(36-14-30-33-34-36)20(10-18)16-3-6-21(29-11-16)23(9-15-1-2-15)35-13-17(12-31-35)19-5-8-24(28)32-25(19)27/h3-8,10-15,23H,1-2,9H2,(H2,28,32)/p+1/t23-/m0/s1. The molecule has 0 radical (unpaired) electrons. The van der Waals surface area contributed by atoms with E-state index in [4.69, 9.17) is 33.9 Å². The fourth-order valence-corrected chi connectivity index (χ4v) is 4.79. The maximum Gasteiger partial charge on any atom is 0.293 e. The predicted octanol–water partition coefficient (Wildman–Crippen LogP) is 4.68. The molecule has 5 aromatic rings. The minimum absolute atomic E-state index is 0.00540. The number of tetrazole rings is 1. The third kappa shape index (κ3) is 4.55. The second kappa shape index (κ2) is 9.33. The molecule has 1 fully saturated rings. The minimum Gasteiger partial charge on any atom is -0.384 e. The fraction of sp³-hybridized carbons (Fsp3) is 0.200. The summed E-state index contributed by atoms with van der Waals surface area (Å²) in [6.07, 6.45) is 10.7. The van der Waals surface area contributed by atoms with E-state index in [1.54, 1.807) is 23.3 Å². The zero-order chi connectivity index (χ0) is 24.6. The van der Waals surface area contributed by atoms with E-state index < -0.39 is 0 Å². The highest BCUT2D eigenvalue weighted by molar-refractivity contribution is 6.32. The Morgan fingerprint density at radius 1 is 1.06 bits per heavy atom. The highest BCUT2D eigenvalue weighted by Gasteiger charge is 2.29. The normalized spacial score (nSPS) is 14.2. The number of hydrogen-bond donors (Lipinski definition) is 2. The number of pyridine rings is 2. The monoisotopic (exact) mass is 518 g/mol. The van der Waals surface area contributed by atoms with Crippen molar-refractivity contribution in [3.63, 3.8) is 0 Å². The van der Waals surface area contributed by atoms with Crippen molar-refractivity contribution >= 4 is 29.0 Å². The summed E-state index contributed by atoms with van der Waals surface area (Å²) in [5, 5.41) is 16.2. The molecule has 0 amide bonds. The third-order valence-corrected chi connectivity index (χ3v) is 6.91. The Hall–Kier alpha value is -3.82. The van der Waals surface area contributed by atoms with Crippen LogP contribution in [0.25, 0.3) is 27.9 Å². The van der Waals surface area contributed by atoms with Crippen LogP contribution in [-0.4, -0.2) is 35.3 Å². The number of anilines is 1. The lowest BCUT2D eigenvalue weighted by Crippen LogP contribution is -2.32. The summed E-state index contributed by atoms with van der Waals surface area (Å²) in [7, 11) is 0. The van der Waals surface area contributed by atoms with Gasteiger partial charge in [0.15, 0.2) is 5.21 Å². The Bertz CT molecular complexity index is 1510. The predicted molar refractivity (Wildman–Crippen MR) is 137 cm³/mol. The van der Waals surface area contributed by atoms with E-state index >= 15 is 0 Å². The lowest BCUT2D eigenvalue weighted by atomic mass is 10.0. The van der Waals surface area contributed by atoms with Crippen LogP contribution in [0.4, 0.5) is 5.82 Å². The van der Waals surface area contributed by atoms with E-state index in [1.807, 2.05) is 41.3 Å². The van der Waals surface area contributed by atoms with Crippen molar-refractivity contribution in [1.82, 2.24) is 35.3 Å². The van der Waals surface area contributed by atoms with Crippen molar-refractivity contribution in [3.05, 3.63) is 83.3 Å². The topological polar surface area (TPSA) is 115 Å². The smallest absolute Gasteiger partial charge is 0.293 e. The van der Waals surface area contributed by atoms with Crippen LogP contribution in [0, 0.1) is 5.92 Å². The molecule has 1 aliphatic rings. The molecule has 9 nitrogen and oxygen atoms in total. The Labute approximate surface area is 216 Å². The van der Waals surface area contributed by atoms with Crippen molar-refractivity contribution in [2.75, 3.05) is 5.73 Å². The van der Waals surface area contributed by atoms with Crippen molar-refractivity contribution in [1.29, 1.82) is 0 Å². The number of H-pyrrole nitrogens is 1. The van der Waals surface area contributed by atoms with E-state index in [0.717, 1.165) is 40.1 Å². The lowest BCUT2D eigenvalue weighted by Gasteiger charge is -2.17. The molecular weight excluding hydrogens is 497 g/mol. The van der Waals surface area contributed by atoms with E-state index in [0.29, 0.717) is 21.9 Å². The largest absolute Gasteiger partial charge is 0.384 e. The first-order valence-electron chi connectivity index (χ1n) is 11.6. The van der Waals surface area contributed by atoms with Crippen molar-refractivity contribution in [2.45, 2.75) is 25.3 Å². The van der Waals surface area contributed by atoms with Gasteiger partial charge < -0.3 is 5.73 Å². The van der Waals surface area contributed by atoms with Gasteiger partial charge in [-0.2, -0.15) is 5.10 Å². The van der Waals surface area contributed by atoms with Gasteiger partial charge in [0.05, 0.1) is 17.9 Å². The second-order valence-corrected chi connectivity index (χ2v) is 9.71. The van der Waals surface area contributed by atoms with Crippen LogP contribution in [0.2, 0.25) is 10.2 Å². The Morgan fingerprint density at radius 2 is 1.94 bits per heavy atom. The molecule has 36 heavy (non-hydrogen) atoms. The van der Waals surface area contributed by atoms with E-state index in [9.17, 15) is 0 Å². The molecule has 1 saturated carbocycles. The van der Waals surface area contributed by atoms with Gasteiger partial charge in [-0.05, 0) is 48.7 Å². The van der Waals surface area contributed by atoms with Gasteiger partial charge in [-0.15, -0.1) is 4.68 Å². The van der Waals surface area contributed by atoms with Gasteiger partial charge in [-0.25, -0.2) is 4.98 Å². The Morgan fingerprint density at radius 3 is 2.67 bits per heavy atom. The molecule has 3 N–H and O–H groups in total. The third-order valence-electron chi connectivity index (χ3n) is 6.39. The first-order valence-corrected chi connectivity index (χ1v) is 12.3. The summed E-state index contributed by atoms with van der Waals surface area (Å²) in [5.74, 6) is 1.06. The fourth-order valence-electron chi connectivity index (χ4n) is 4.35. The Balaban J connectivity index is 1.34. The molecule has 11 heteroatoms. The quantitative estimate of drug-likeness (QED) is 0.238. The SMILES string of the molecule is Nc1ccc(-c2cnn([C@@H](CC3CC3)c3ccc(-c4cc(Cl)ccc4-[n+]4cnn[nH]4)cn3)c2)c(Cl)n1. The molecule has 1 atom stereocenters.